The van der Waals surface area contributed by atoms with Crippen LogP contribution in [0.5, 0.6) is 0 Å². The summed E-state index contributed by atoms with van der Waals surface area (Å²) < 4.78 is 4.78. The quantitative estimate of drug-likeness (QED) is 0.766. The van der Waals surface area contributed by atoms with E-state index in [0.29, 0.717) is 12.2 Å². The zero-order valence-electron chi connectivity index (χ0n) is 14.2. The van der Waals surface area contributed by atoms with Crippen LogP contribution in [0, 0.1) is 12.8 Å². The van der Waals surface area contributed by atoms with Gasteiger partial charge in [0.15, 0.2) is 0 Å². The topological polar surface area (TPSA) is 59.5 Å². The molecule has 24 heavy (non-hydrogen) atoms. The predicted octanol–water partition coefficient (Wildman–Crippen LogP) is 2.84. The fraction of sp³-hybridized carbons (Fsp3) is 0.316. The molecule has 5 heteroatoms. The first-order valence-electron chi connectivity index (χ1n) is 7.86. The number of nitrogens with zero attached hydrogens (tertiary/aromatic N) is 2. The van der Waals surface area contributed by atoms with Gasteiger partial charge in [-0.05, 0) is 24.6 Å². The molecule has 0 aliphatic carbocycles. The minimum Gasteiger partial charge on any atom is -0.469 e. The number of methoxy groups -OCH3 is 1. The average molecular weight is 326 g/mol. The van der Waals surface area contributed by atoms with Crippen molar-refractivity contribution in [2.75, 3.05) is 13.7 Å². The summed E-state index contributed by atoms with van der Waals surface area (Å²) in [5.74, 6) is -0.941. The predicted molar refractivity (Wildman–Crippen MR) is 91.3 cm³/mol. The third-order valence-electron chi connectivity index (χ3n) is 3.71. The molecule has 5 nitrogen and oxygen atoms in total. The van der Waals surface area contributed by atoms with Gasteiger partial charge in [0, 0.05) is 18.8 Å². The number of aryl methyl sites for hydroxylation is 1. The number of ether oxygens (including phenoxy) is 1. The van der Waals surface area contributed by atoms with Crippen LogP contribution >= 0.6 is 0 Å². The number of carbonyl (C=O) groups is 2. The first kappa shape index (κ1) is 17.7. The number of aromatic nitrogens is 1. The van der Waals surface area contributed by atoms with Crippen molar-refractivity contribution < 1.29 is 14.3 Å². The van der Waals surface area contributed by atoms with E-state index in [1.807, 2.05) is 43.3 Å². The number of hydrogen-bond donors (Lipinski definition) is 0. The van der Waals surface area contributed by atoms with Gasteiger partial charge in [0.25, 0.3) is 5.91 Å². The molecular formula is C19H22N2O3. The number of hydrogen-bond acceptors (Lipinski definition) is 4. The molecule has 1 amide bonds. The van der Waals surface area contributed by atoms with Crippen molar-refractivity contribution in [3.05, 3.63) is 65.5 Å². The molecule has 1 aromatic carbocycles. The molecule has 0 aliphatic rings. The van der Waals surface area contributed by atoms with Gasteiger partial charge in [-0.15, -0.1) is 0 Å². The smallest absolute Gasteiger partial charge is 0.310 e. The highest BCUT2D eigenvalue weighted by atomic mass is 16.5. The van der Waals surface area contributed by atoms with Crippen molar-refractivity contribution in [2.45, 2.75) is 20.4 Å². The first-order chi connectivity index (χ1) is 11.5. The lowest BCUT2D eigenvalue weighted by atomic mass is 10.1. The molecule has 0 saturated carbocycles. The van der Waals surface area contributed by atoms with Crippen molar-refractivity contribution in [2.24, 2.45) is 5.92 Å². The van der Waals surface area contributed by atoms with E-state index in [1.165, 1.54) is 7.11 Å². The molecule has 0 fully saturated rings. The van der Waals surface area contributed by atoms with Gasteiger partial charge in [-0.3, -0.25) is 9.59 Å². The Balaban J connectivity index is 2.24. The fourth-order valence-electron chi connectivity index (χ4n) is 2.45. The molecule has 0 saturated heterocycles. The maximum absolute atomic E-state index is 12.9. The normalized spacial score (nSPS) is 11.6. The number of benzene rings is 1. The van der Waals surface area contributed by atoms with Crippen molar-refractivity contribution in [3.63, 3.8) is 0 Å². The van der Waals surface area contributed by atoms with Crippen molar-refractivity contribution in [1.82, 2.24) is 9.88 Å². The second-order valence-electron chi connectivity index (χ2n) is 5.76. The Morgan fingerprint density at radius 1 is 1.12 bits per heavy atom. The minimum absolute atomic E-state index is 0.196. The molecule has 2 rings (SSSR count). The summed E-state index contributed by atoms with van der Waals surface area (Å²) >= 11 is 0. The lowest BCUT2D eigenvalue weighted by molar-refractivity contribution is -0.145. The second-order valence-corrected chi connectivity index (χ2v) is 5.76. The van der Waals surface area contributed by atoms with Crippen molar-refractivity contribution in [1.29, 1.82) is 0 Å². The molecule has 0 spiro atoms. The molecule has 0 radical (unpaired) electrons. The maximum Gasteiger partial charge on any atom is 0.310 e. The van der Waals surface area contributed by atoms with Crippen LogP contribution in [-0.4, -0.2) is 35.4 Å². The number of amides is 1. The number of pyridine rings is 1. The van der Waals surface area contributed by atoms with E-state index >= 15 is 0 Å². The minimum atomic E-state index is -0.410. The zero-order valence-corrected chi connectivity index (χ0v) is 14.2. The van der Waals surface area contributed by atoms with Gasteiger partial charge in [0.05, 0.1) is 13.0 Å². The van der Waals surface area contributed by atoms with Crippen LogP contribution in [0.25, 0.3) is 0 Å². The summed E-state index contributed by atoms with van der Waals surface area (Å²) in [6, 6.07) is 15.0. The van der Waals surface area contributed by atoms with E-state index in [0.717, 1.165) is 11.3 Å². The third kappa shape index (κ3) is 4.65. The Morgan fingerprint density at radius 3 is 2.46 bits per heavy atom. The lowest BCUT2D eigenvalue weighted by Crippen LogP contribution is -2.37. The highest BCUT2D eigenvalue weighted by Crippen LogP contribution is 2.13. The van der Waals surface area contributed by atoms with Crippen LogP contribution in [-0.2, 0) is 16.1 Å². The van der Waals surface area contributed by atoms with E-state index in [4.69, 9.17) is 4.74 Å². The molecule has 0 bridgehead atoms. The Labute approximate surface area is 142 Å². The van der Waals surface area contributed by atoms with Gasteiger partial charge >= 0.3 is 5.97 Å². The van der Waals surface area contributed by atoms with E-state index in [2.05, 4.69) is 4.98 Å². The molecule has 126 valence electrons. The van der Waals surface area contributed by atoms with Crippen LogP contribution in [0.3, 0.4) is 0 Å². The number of carbonyl (C=O) groups excluding carboxylic acids is 2. The molecule has 1 atom stereocenters. The third-order valence-corrected chi connectivity index (χ3v) is 3.71. The van der Waals surface area contributed by atoms with Crippen LogP contribution in [0.2, 0.25) is 0 Å². The van der Waals surface area contributed by atoms with Gasteiger partial charge in [0.2, 0.25) is 0 Å². The van der Waals surface area contributed by atoms with Gasteiger partial charge in [-0.25, -0.2) is 4.98 Å². The SMILES string of the molecule is COC(=O)[C@@H](C)CN(Cc1ccccc1)C(=O)c1cccc(C)n1. The first-order valence-corrected chi connectivity index (χ1v) is 7.86. The van der Waals surface area contributed by atoms with Crippen molar-refractivity contribution >= 4 is 11.9 Å². The van der Waals surface area contributed by atoms with Crippen LogP contribution in [0.1, 0.15) is 28.7 Å². The summed E-state index contributed by atoms with van der Waals surface area (Å²) in [5, 5.41) is 0. The summed E-state index contributed by atoms with van der Waals surface area (Å²) in [6.07, 6.45) is 0. The second kappa shape index (κ2) is 8.24. The summed E-state index contributed by atoms with van der Waals surface area (Å²) in [6.45, 7) is 4.28. The molecule has 0 N–H and O–H groups in total. The highest BCUT2D eigenvalue weighted by molar-refractivity contribution is 5.92. The Bertz CT molecular complexity index is 701. The van der Waals surface area contributed by atoms with E-state index in [1.54, 1.807) is 24.0 Å². The largest absolute Gasteiger partial charge is 0.469 e. The molecule has 1 aromatic heterocycles. The molecule has 1 heterocycles. The van der Waals surface area contributed by atoms with Gasteiger partial charge < -0.3 is 9.64 Å². The van der Waals surface area contributed by atoms with E-state index in [9.17, 15) is 9.59 Å². The number of esters is 1. The summed E-state index contributed by atoms with van der Waals surface area (Å²) in [7, 11) is 1.35. The summed E-state index contributed by atoms with van der Waals surface area (Å²) in [4.78, 5) is 30.5. The highest BCUT2D eigenvalue weighted by Gasteiger charge is 2.23. The monoisotopic (exact) mass is 326 g/mol. The van der Waals surface area contributed by atoms with Crippen LogP contribution < -0.4 is 0 Å². The van der Waals surface area contributed by atoms with Crippen LogP contribution in [0.4, 0.5) is 0 Å². The standard InChI is InChI=1S/C19H22N2O3/c1-14(19(23)24-3)12-21(13-16-9-5-4-6-10-16)18(22)17-11-7-8-15(2)20-17/h4-11,14H,12-13H2,1-3H3/t14-/m0/s1. The average Bonchev–Trinajstić information content (AvgIpc) is 2.60. The number of rotatable bonds is 6. The summed E-state index contributed by atoms with van der Waals surface area (Å²) in [5.41, 5.74) is 2.15. The van der Waals surface area contributed by atoms with Crippen LogP contribution in [0.15, 0.2) is 48.5 Å². The molecule has 0 unspecified atom stereocenters. The van der Waals surface area contributed by atoms with Gasteiger partial charge in [-0.2, -0.15) is 0 Å². The Kier molecular flexibility index (Phi) is 6.07. The van der Waals surface area contributed by atoms with E-state index < -0.39 is 5.92 Å². The van der Waals surface area contributed by atoms with E-state index in [-0.39, 0.29) is 18.4 Å². The molecule has 0 aliphatic heterocycles. The van der Waals surface area contributed by atoms with Crippen molar-refractivity contribution in [3.8, 4) is 0 Å². The molecular weight excluding hydrogens is 304 g/mol. The Morgan fingerprint density at radius 2 is 1.83 bits per heavy atom. The fourth-order valence-corrected chi connectivity index (χ4v) is 2.45. The zero-order chi connectivity index (χ0) is 17.5. The lowest BCUT2D eigenvalue weighted by Gasteiger charge is -2.25. The maximum atomic E-state index is 12.9. The van der Waals surface area contributed by atoms with Gasteiger partial charge in [0.1, 0.15) is 5.69 Å². The van der Waals surface area contributed by atoms with Gasteiger partial charge in [-0.1, -0.05) is 43.3 Å². The Hall–Kier alpha value is -2.69. The molecule has 2 aromatic rings.